The van der Waals surface area contributed by atoms with Crippen molar-refractivity contribution in [1.82, 2.24) is 0 Å². The summed E-state index contributed by atoms with van der Waals surface area (Å²) in [6.45, 7) is 5.41. The van der Waals surface area contributed by atoms with Gasteiger partial charge >= 0.3 is 0 Å². The first kappa shape index (κ1) is 13.7. The number of carbonyl (C=O) groups excluding carboxylic acids is 1. The van der Waals surface area contributed by atoms with E-state index in [1.54, 1.807) is 6.92 Å². The number of hydrogen-bond donors (Lipinski definition) is 0. The molecular weight excluding hydrogens is 204 g/mol. The molecule has 1 fully saturated rings. The topological polar surface area (TPSA) is 35.5 Å². The fourth-order valence-corrected chi connectivity index (χ4v) is 1.90. The van der Waals surface area contributed by atoms with Gasteiger partial charge in [-0.15, -0.1) is 0 Å². The van der Waals surface area contributed by atoms with E-state index in [1.807, 2.05) is 0 Å². The Bertz CT molecular complexity index is 197. The van der Waals surface area contributed by atoms with Gasteiger partial charge in [0.05, 0.1) is 6.61 Å². The Morgan fingerprint density at radius 3 is 2.94 bits per heavy atom. The molecule has 0 saturated carbocycles. The van der Waals surface area contributed by atoms with Crippen LogP contribution in [0.2, 0.25) is 0 Å². The van der Waals surface area contributed by atoms with Gasteiger partial charge in [0.15, 0.2) is 6.29 Å². The van der Waals surface area contributed by atoms with E-state index >= 15 is 0 Å². The second-order valence-electron chi connectivity index (χ2n) is 4.83. The predicted molar refractivity (Wildman–Crippen MR) is 63.2 cm³/mol. The number of hydrogen-bond acceptors (Lipinski definition) is 3. The van der Waals surface area contributed by atoms with Crippen molar-refractivity contribution in [1.29, 1.82) is 0 Å². The monoisotopic (exact) mass is 228 g/mol. The normalized spacial score (nSPS) is 23.0. The van der Waals surface area contributed by atoms with Crippen LogP contribution in [0.25, 0.3) is 0 Å². The molecule has 0 N–H and O–H groups in total. The van der Waals surface area contributed by atoms with Crippen LogP contribution in [0, 0.1) is 5.92 Å². The smallest absolute Gasteiger partial charge is 0.157 e. The summed E-state index contributed by atoms with van der Waals surface area (Å²) in [6.07, 6.45) is 6.16. The summed E-state index contributed by atoms with van der Waals surface area (Å²) < 4.78 is 11.2. The average molecular weight is 228 g/mol. The number of Topliss-reactive ketones (excluding diaryl/α,β-unsaturated/α-hetero) is 1. The Morgan fingerprint density at radius 1 is 1.50 bits per heavy atom. The third-order valence-corrected chi connectivity index (χ3v) is 2.93. The van der Waals surface area contributed by atoms with Gasteiger partial charge in [-0.3, -0.25) is 0 Å². The summed E-state index contributed by atoms with van der Waals surface area (Å²) in [6, 6.07) is 0. The van der Waals surface area contributed by atoms with Gasteiger partial charge in [-0.25, -0.2) is 0 Å². The zero-order chi connectivity index (χ0) is 11.8. The molecule has 0 aliphatic carbocycles. The summed E-state index contributed by atoms with van der Waals surface area (Å²) >= 11 is 0. The van der Waals surface area contributed by atoms with Crippen LogP contribution in [0.3, 0.4) is 0 Å². The van der Waals surface area contributed by atoms with Crippen molar-refractivity contribution < 1.29 is 14.3 Å². The van der Waals surface area contributed by atoms with Crippen molar-refractivity contribution in [3.8, 4) is 0 Å². The molecule has 0 amide bonds. The largest absolute Gasteiger partial charge is 0.353 e. The van der Waals surface area contributed by atoms with Crippen molar-refractivity contribution in [2.45, 2.75) is 58.7 Å². The third kappa shape index (κ3) is 6.23. The van der Waals surface area contributed by atoms with Crippen molar-refractivity contribution in [3.05, 3.63) is 0 Å². The highest BCUT2D eigenvalue weighted by atomic mass is 16.7. The molecule has 3 heteroatoms. The first-order chi connectivity index (χ1) is 7.68. The van der Waals surface area contributed by atoms with Gasteiger partial charge in [0, 0.05) is 13.0 Å². The van der Waals surface area contributed by atoms with Crippen LogP contribution in [0.5, 0.6) is 0 Å². The highest BCUT2D eigenvalue weighted by Crippen LogP contribution is 2.16. The van der Waals surface area contributed by atoms with E-state index in [-0.39, 0.29) is 12.1 Å². The minimum atomic E-state index is 0.0176. The highest BCUT2D eigenvalue weighted by Gasteiger charge is 2.15. The van der Waals surface area contributed by atoms with E-state index in [2.05, 4.69) is 6.92 Å². The lowest BCUT2D eigenvalue weighted by Crippen LogP contribution is -2.24. The Balaban J connectivity index is 2.00. The van der Waals surface area contributed by atoms with E-state index in [4.69, 9.17) is 9.47 Å². The molecule has 94 valence electrons. The maximum absolute atomic E-state index is 10.8. The molecule has 0 aromatic carbocycles. The lowest BCUT2D eigenvalue weighted by molar-refractivity contribution is -0.168. The molecule has 0 spiro atoms. The van der Waals surface area contributed by atoms with Gasteiger partial charge in [0.2, 0.25) is 0 Å². The van der Waals surface area contributed by atoms with Gasteiger partial charge in [0.1, 0.15) is 5.78 Å². The molecule has 0 radical (unpaired) electrons. The highest BCUT2D eigenvalue weighted by molar-refractivity contribution is 5.75. The zero-order valence-corrected chi connectivity index (χ0v) is 10.5. The molecule has 0 bridgehead atoms. The van der Waals surface area contributed by atoms with E-state index < -0.39 is 0 Å². The Kier molecular flexibility index (Phi) is 6.65. The Labute approximate surface area is 98.5 Å². The predicted octanol–water partition coefficient (Wildman–Crippen LogP) is 2.93. The van der Waals surface area contributed by atoms with Crippen LogP contribution in [0.4, 0.5) is 0 Å². The molecule has 0 aromatic rings. The maximum atomic E-state index is 10.8. The second kappa shape index (κ2) is 7.80. The molecule has 1 saturated heterocycles. The first-order valence-electron chi connectivity index (χ1n) is 6.41. The van der Waals surface area contributed by atoms with Crippen molar-refractivity contribution in [2.75, 3.05) is 13.2 Å². The van der Waals surface area contributed by atoms with E-state index in [1.165, 1.54) is 6.42 Å². The summed E-state index contributed by atoms with van der Waals surface area (Å²) in [5.41, 5.74) is 0. The van der Waals surface area contributed by atoms with Crippen molar-refractivity contribution >= 4 is 5.78 Å². The Morgan fingerprint density at radius 2 is 2.31 bits per heavy atom. The molecule has 16 heavy (non-hydrogen) atoms. The molecule has 1 aliphatic heterocycles. The molecule has 3 nitrogen and oxygen atoms in total. The van der Waals surface area contributed by atoms with Crippen LogP contribution < -0.4 is 0 Å². The van der Waals surface area contributed by atoms with Gasteiger partial charge in [-0.2, -0.15) is 0 Å². The Hall–Kier alpha value is -0.410. The van der Waals surface area contributed by atoms with Gasteiger partial charge < -0.3 is 14.3 Å². The molecule has 1 aliphatic rings. The average Bonchev–Trinajstić information content (AvgIpc) is 2.27. The van der Waals surface area contributed by atoms with Crippen molar-refractivity contribution in [3.63, 3.8) is 0 Å². The molecule has 0 aromatic heterocycles. The summed E-state index contributed by atoms with van der Waals surface area (Å²) in [7, 11) is 0. The zero-order valence-electron chi connectivity index (χ0n) is 10.5. The number of rotatable bonds is 7. The van der Waals surface area contributed by atoms with E-state index in [0.29, 0.717) is 12.3 Å². The standard InChI is InChI=1S/C13H24O3/c1-11(6-5-7-12(2)14)10-16-13-8-3-4-9-15-13/h11,13H,3-10H2,1-2H3/t11-,13+/m0/s1. The minimum absolute atomic E-state index is 0.0176. The summed E-state index contributed by atoms with van der Waals surface area (Å²) in [5.74, 6) is 0.800. The van der Waals surface area contributed by atoms with Crippen molar-refractivity contribution in [2.24, 2.45) is 5.92 Å². The number of ketones is 1. The van der Waals surface area contributed by atoms with Crippen LogP contribution >= 0.6 is 0 Å². The number of ether oxygens (including phenoxy) is 2. The molecular formula is C13H24O3. The number of carbonyl (C=O) groups is 1. The van der Waals surface area contributed by atoms with E-state index in [0.717, 1.165) is 38.9 Å². The quantitative estimate of drug-likeness (QED) is 0.672. The second-order valence-corrected chi connectivity index (χ2v) is 4.83. The van der Waals surface area contributed by atoms with Gasteiger partial charge in [0.25, 0.3) is 0 Å². The van der Waals surface area contributed by atoms with Crippen LogP contribution in [-0.4, -0.2) is 25.3 Å². The van der Waals surface area contributed by atoms with Crippen LogP contribution in [0.1, 0.15) is 52.4 Å². The third-order valence-electron chi connectivity index (χ3n) is 2.93. The fourth-order valence-electron chi connectivity index (χ4n) is 1.90. The van der Waals surface area contributed by atoms with Crippen LogP contribution in [0.15, 0.2) is 0 Å². The van der Waals surface area contributed by atoms with Gasteiger partial charge in [-0.1, -0.05) is 6.92 Å². The lowest BCUT2D eigenvalue weighted by atomic mass is 10.0. The summed E-state index contributed by atoms with van der Waals surface area (Å²) in [5, 5.41) is 0. The molecule has 1 rings (SSSR count). The van der Waals surface area contributed by atoms with Gasteiger partial charge in [-0.05, 0) is 44.9 Å². The van der Waals surface area contributed by atoms with E-state index in [9.17, 15) is 4.79 Å². The fraction of sp³-hybridized carbons (Fsp3) is 0.923. The molecule has 2 atom stereocenters. The SMILES string of the molecule is CC(=O)CCC[C@H](C)CO[C@@H]1CCCCO1. The minimum Gasteiger partial charge on any atom is -0.353 e. The maximum Gasteiger partial charge on any atom is 0.157 e. The lowest BCUT2D eigenvalue weighted by Gasteiger charge is -2.24. The molecule has 0 unspecified atom stereocenters. The first-order valence-corrected chi connectivity index (χ1v) is 6.41. The molecule has 1 heterocycles. The van der Waals surface area contributed by atoms with Crippen LogP contribution in [-0.2, 0) is 14.3 Å². The summed E-state index contributed by atoms with van der Waals surface area (Å²) in [4.78, 5) is 10.8.